The zero-order valence-corrected chi connectivity index (χ0v) is 14.8. The van der Waals surface area contributed by atoms with Gasteiger partial charge in [0.15, 0.2) is 0 Å². The lowest BCUT2D eigenvalue weighted by atomic mass is 9.89. The molecule has 0 spiro atoms. The number of hydrogen-bond acceptors (Lipinski definition) is 3. The van der Waals surface area contributed by atoms with Crippen molar-refractivity contribution >= 4 is 22.6 Å². The van der Waals surface area contributed by atoms with Crippen LogP contribution in [-0.4, -0.2) is 29.0 Å². The quantitative estimate of drug-likeness (QED) is 0.772. The van der Waals surface area contributed by atoms with E-state index in [2.05, 4.69) is 15.6 Å². The van der Waals surface area contributed by atoms with Crippen LogP contribution in [0.15, 0.2) is 18.2 Å². The van der Waals surface area contributed by atoms with Crippen LogP contribution in [0, 0.1) is 5.92 Å². The number of H-pyrrole nitrogens is 1. The molecular formula is C20H28N4O. The van der Waals surface area contributed by atoms with E-state index in [-0.39, 0.29) is 5.91 Å². The summed E-state index contributed by atoms with van der Waals surface area (Å²) in [6.45, 7) is 2.14. The normalized spacial score (nSPS) is 21.7. The Labute approximate surface area is 149 Å². The third-order valence-corrected chi connectivity index (χ3v) is 5.72. The number of benzene rings is 1. The first kappa shape index (κ1) is 16.6. The molecule has 2 fully saturated rings. The number of fused-ring (bicyclic) bond motifs is 1. The van der Waals surface area contributed by atoms with Crippen LogP contribution in [0.3, 0.4) is 0 Å². The highest BCUT2D eigenvalue weighted by Gasteiger charge is 2.19. The van der Waals surface area contributed by atoms with Gasteiger partial charge >= 0.3 is 0 Å². The van der Waals surface area contributed by atoms with Crippen molar-refractivity contribution < 1.29 is 4.79 Å². The van der Waals surface area contributed by atoms with Gasteiger partial charge in [-0.2, -0.15) is 0 Å². The monoisotopic (exact) mass is 340 g/mol. The minimum absolute atomic E-state index is 0.110. The molecule has 0 bridgehead atoms. The van der Waals surface area contributed by atoms with E-state index in [9.17, 15) is 4.79 Å². The summed E-state index contributed by atoms with van der Waals surface area (Å²) in [5.74, 6) is 2.45. The van der Waals surface area contributed by atoms with Gasteiger partial charge in [-0.15, -0.1) is 0 Å². The number of anilines is 1. The molecule has 25 heavy (non-hydrogen) atoms. The number of aromatic nitrogens is 2. The van der Waals surface area contributed by atoms with Crippen molar-refractivity contribution in [2.45, 2.75) is 57.3 Å². The maximum absolute atomic E-state index is 12.2. The average molecular weight is 340 g/mol. The Morgan fingerprint density at radius 2 is 2.08 bits per heavy atom. The molecule has 0 radical (unpaired) electrons. The maximum Gasteiger partial charge on any atom is 0.224 e. The van der Waals surface area contributed by atoms with E-state index in [1.165, 1.54) is 38.5 Å². The number of carbonyl (C=O) groups excluding carboxylic acids is 1. The molecule has 2 aliphatic rings. The summed E-state index contributed by atoms with van der Waals surface area (Å²) < 4.78 is 0. The lowest BCUT2D eigenvalue weighted by Gasteiger charge is -2.18. The number of aromatic amines is 1. The number of hydrogen-bond donors (Lipinski definition) is 3. The fourth-order valence-corrected chi connectivity index (χ4v) is 4.20. The molecule has 1 aromatic carbocycles. The van der Waals surface area contributed by atoms with Crippen LogP contribution < -0.4 is 10.6 Å². The van der Waals surface area contributed by atoms with Crippen molar-refractivity contribution in [1.29, 1.82) is 0 Å². The molecule has 1 saturated heterocycles. The van der Waals surface area contributed by atoms with Crippen LogP contribution in [0.1, 0.15) is 63.1 Å². The molecule has 2 heterocycles. The molecule has 2 aromatic rings. The van der Waals surface area contributed by atoms with Crippen LogP contribution >= 0.6 is 0 Å². The van der Waals surface area contributed by atoms with E-state index < -0.39 is 0 Å². The summed E-state index contributed by atoms with van der Waals surface area (Å²) in [5.41, 5.74) is 2.88. The smallest absolute Gasteiger partial charge is 0.224 e. The highest BCUT2D eigenvalue weighted by atomic mass is 16.1. The maximum atomic E-state index is 12.2. The third-order valence-electron chi connectivity index (χ3n) is 5.72. The van der Waals surface area contributed by atoms with Crippen molar-refractivity contribution in [3.63, 3.8) is 0 Å². The second-order valence-electron chi connectivity index (χ2n) is 7.63. The summed E-state index contributed by atoms with van der Waals surface area (Å²) in [6.07, 6.45) is 9.19. The number of carbonyl (C=O) groups is 1. The fraction of sp³-hybridized carbons (Fsp3) is 0.600. The largest absolute Gasteiger partial charge is 0.342 e. The molecule has 1 aliphatic heterocycles. The molecule has 4 rings (SSSR count). The summed E-state index contributed by atoms with van der Waals surface area (Å²) >= 11 is 0. The van der Waals surface area contributed by atoms with Gasteiger partial charge in [0, 0.05) is 18.0 Å². The summed E-state index contributed by atoms with van der Waals surface area (Å²) in [6, 6.07) is 5.99. The van der Waals surface area contributed by atoms with Crippen molar-refractivity contribution in [3.8, 4) is 0 Å². The van der Waals surface area contributed by atoms with Gasteiger partial charge in [-0.05, 0) is 62.9 Å². The molecule has 5 nitrogen and oxygen atoms in total. The highest BCUT2D eigenvalue weighted by Crippen LogP contribution is 2.32. The van der Waals surface area contributed by atoms with Crippen molar-refractivity contribution in [1.82, 2.24) is 15.3 Å². The van der Waals surface area contributed by atoms with Crippen LogP contribution in [0.2, 0.25) is 0 Å². The van der Waals surface area contributed by atoms with Gasteiger partial charge in [-0.1, -0.05) is 19.3 Å². The van der Waals surface area contributed by atoms with Gasteiger partial charge in [-0.3, -0.25) is 4.79 Å². The molecule has 1 saturated carbocycles. The molecule has 1 aromatic heterocycles. The average Bonchev–Trinajstić information content (AvgIpc) is 3.30. The Kier molecular flexibility index (Phi) is 5.02. The van der Waals surface area contributed by atoms with Gasteiger partial charge in [0.05, 0.1) is 11.0 Å². The fourth-order valence-electron chi connectivity index (χ4n) is 4.20. The van der Waals surface area contributed by atoms with E-state index in [1.54, 1.807) is 0 Å². The third kappa shape index (κ3) is 4.03. The van der Waals surface area contributed by atoms with Crippen LogP contribution in [0.5, 0.6) is 0 Å². The predicted octanol–water partition coefficient (Wildman–Crippen LogP) is 3.94. The van der Waals surface area contributed by atoms with Gasteiger partial charge < -0.3 is 15.6 Å². The minimum atomic E-state index is 0.110. The van der Waals surface area contributed by atoms with Gasteiger partial charge in [0.1, 0.15) is 5.82 Å². The van der Waals surface area contributed by atoms with Gasteiger partial charge in [-0.25, -0.2) is 4.98 Å². The second kappa shape index (κ2) is 7.56. The topological polar surface area (TPSA) is 69.8 Å². The van der Waals surface area contributed by atoms with Crippen molar-refractivity contribution in [3.05, 3.63) is 24.0 Å². The molecule has 1 unspecified atom stereocenters. The van der Waals surface area contributed by atoms with Crippen molar-refractivity contribution in [2.75, 3.05) is 18.4 Å². The first-order valence-electron chi connectivity index (χ1n) is 9.78. The van der Waals surface area contributed by atoms with E-state index >= 15 is 0 Å². The van der Waals surface area contributed by atoms with E-state index in [0.717, 1.165) is 42.1 Å². The Morgan fingerprint density at radius 1 is 1.20 bits per heavy atom. The molecular weight excluding hydrogens is 312 g/mol. The SMILES string of the molecule is O=C(CCC1CCNC1)Nc1ccc2nc(C3CCCCC3)[nH]c2c1. The Balaban J connectivity index is 1.39. The van der Waals surface area contributed by atoms with Crippen LogP contribution in [0.4, 0.5) is 5.69 Å². The summed E-state index contributed by atoms with van der Waals surface area (Å²) in [4.78, 5) is 20.5. The Bertz CT molecular complexity index is 726. The summed E-state index contributed by atoms with van der Waals surface area (Å²) in [7, 11) is 0. The molecule has 5 heteroatoms. The van der Waals surface area contributed by atoms with E-state index in [1.807, 2.05) is 18.2 Å². The number of nitrogens with one attached hydrogen (secondary N) is 3. The number of nitrogens with zero attached hydrogens (tertiary/aromatic N) is 1. The minimum Gasteiger partial charge on any atom is -0.342 e. The number of imidazole rings is 1. The number of rotatable bonds is 5. The Morgan fingerprint density at radius 3 is 2.88 bits per heavy atom. The van der Waals surface area contributed by atoms with Gasteiger partial charge in [0.2, 0.25) is 5.91 Å². The van der Waals surface area contributed by atoms with Crippen LogP contribution in [-0.2, 0) is 4.79 Å². The molecule has 3 N–H and O–H groups in total. The second-order valence-corrected chi connectivity index (χ2v) is 7.63. The molecule has 1 amide bonds. The summed E-state index contributed by atoms with van der Waals surface area (Å²) in [5, 5.41) is 6.39. The zero-order chi connectivity index (χ0) is 17.1. The molecule has 1 atom stereocenters. The Hall–Kier alpha value is -1.88. The predicted molar refractivity (Wildman–Crippen MR) is 101 cm³/mol. The standard InChI is InChI=1S/C20H28N4O/c25-19(9-6-14-10-11-21-13-14)22-16-7-8-17-18(12-16)24-20(23-17)15-4-2-1-3-5-15/h7-8,12,14-15,21H,1-6,9-11,13H2,(H,22,25)(H,23,24). The first-order valence-corrected chi connectivity index (χ1v) is 9.78. The lowest BCUT2D eigenvalue weighted by Crippen LogP contribution is -2.14. The lowest BCUT2D eigenvalue weighted by molar-refractivity contribution is -0.116. The van der Waals surface area contributed by atoms with Crippen LogP contribution in [0.25, 0.3) is 11.0 Å². The first-order chi connectivity index (χ1) is 12.3. The molecule has 134 valence electrons. The molecule has 1 aliphatic carbocycles. The highest BCUT2D eigenvalue weighted by molar-refractivity contribution is 5.93. The zero-order valence-electron chi connectivity index (χ0n) is 14.8. The number of amides is 1. The van der Waals surface area contributed by atoms with Gasteiger partial charge in [0.25, 0.3) is 0 Å². The van der Waals surface area contributed by atoms with E-state index in [4.69, 9.17) is 4.98 Å². The van der Waals surface area contributed by atoms with Crippen molar-refractivity contribution in [2.24, 2.45) is 5.92 Å². The van der Waals surface area contributed by atoms with E-state index in [0.29, 0.717) is 18.3 Å².